The average Bonchev–Trinajstić information content (AvgIpc) is 2.69. The molecule has 1 unspecified atom stereocenters. The van der Waals surface area contributed by atoms with Crippen molar-refractivity contribution in [3.63, 3.8) is 0 Å². The van der Waals surface area contributed by atoms with Gasteiger partial charge in [0, 0.05) is 44.5 Å². The molecule has 0 aromatic carbocycles. The number of hydrogen-bond donors (Lipinski definition) is 1. The maximum Gasteiger partial charge on any atom is 0.341 e. The second kappa shape index (κ2) is 9.48. The number of ether oxygens (including phenoxy) is 1. The Morgan fingerprint density at radius 3 is 2.78 bits per heavy atom. The highest BCUT2D eigenvalue weighted by molar-refractivity contribution is 5.94. The molecule has 0 saturated carbocycles. The monoisotopic (exact) mass is 376 g/mol. The number of nitrogens with zero attached hydrogens (tertiary/aromatic N) is 4. The predicted octanol–water partition coefficient (Wildman–Crippen LogP) is 1.23. The highest BCUT2D eigenvalue weighted by Gasteiger charge is 2.34. The molecule has 2 saturated heterocycles. The van der Waals surface area contributed by atoms with Crippen LogP contribution >= 0.6 is 0 Å². The number of esters is 1. The Kier molecular flexibility index (Phi) is 7.04. The molecular formula is C20H32N4O3. The van der Waals surface area contributed by atoms with E-state index in [1.54, 1.807) is 18.3 Å². The standard InChI is InChI=1S/C20H32N4O3/c1-3-27-20(26)18-5-4-9-21-19(18)23-12-13-24(17(15-23)8-14-25)16-6-10-22(2)11-7-16/h4-5,9,16-17,25H,3,6-8,10-15H2,1-2H3. The van der Waals surface area contributed by atoms with Crippen LogP contribution in [-0.4, -0.2) is 90.9 Å². The molecule has 1 aromatic heterocycles. The van der Waals surface area contributed by atoms with Crippen molar-refractivity contribution < 1.29 is 14.6 Å². The van der Waals surface area contributed by atoms with Crippen LogP contribution in [0.2, 0.25) is 0 Å². The third-order valence-electron chi connectivity index (χ3n) is 5.73. The highest BCUT2D eigenvalue weighted by atomic mass is 16.5. The van der Waals surface area contributed by atoms with Crippen molar-refractivity contribution >= 4 is 11.8 Å². The fourth-order valence-electron chi connectivity index (χ4n) is 4.29. The van der Waals surface area contributed by atoms with E-state index in [-0.39, 0.29) is 18.6 Å². The summed E-state index contributed by atoms with van der Waals surface area (Å²) in [4.78, 5) is 23.9. The van der Waals surface area contributed by atoms with Crippen molar-refractivity contribution in [3.8, 4) is 0 Å². The summed E-state index contributed by atoms with van der Waals surface area (Å²) >= 11 is 0. The lowest BCUT2D eigenvalue weighted by Crippen LogP contribution is -2.58. The van der Waals surface area contributed by atoms with Gasteiger partial charge in [-0.3, -0.25) is 4.90 Å². The van der Waals surface area contributed by atoms with Crippen LogP contribution in [-0.2, 0) is 4.74 Å². The van der Waals surface area contributed by atoms with E-state index in [1.807, 2.05) is 6.92 Å². The van der Waals surface area contributed by atoms with Crippen LogP contribution < -0.4 is 4.90 Å². The number of carbonyl (C=O) groups excluding carboxylic acids is 1. The fraction of sp³-hybridized carbons (Fsp3) is 0.700. The highest BCUT2D eigenvalue weighted by Crippen LogP contribution is 2.27. The molecule has 3 rings (SSSR count). The van der Waals surface area contributed by atoms with E-state index in [1.165, 1.54) is 12.8 Å². The van der Waals surface area contributed by atoms with Gasteiger partial charge in [-0.2, -0.15) is 0 Å². The number of aromatic nitrogens is 1. The Morgan fingerprint density at radius 1 is 1.30 bits per heavy atom. The van der Waals surface area contributed by atoms with Gasteiger partial charge in [0.05, 0.1) is 6.61 Å². The Balaban J connectivity index is 1.74. The van der Waals surface area contributed by atoms with E-state index in [9.17, 15) is 9.90 Å². The van der Waals surface area contributed by atoms with E-state index >= 15 is 0 Å². The molecule has 1 N–H and O–H groups in total. The van der Waals surface area contributed by atoms with Crippen molar-refractivity contribution in [3.05, 3.63) is 23.9 Å². The molecule has 0 radical (unpaired) electrons. The summed E-state index contributed by atoms with van der Waals surface area (Å²) in [5.74, 6) is 0.374. The lowest BCUT2D eigenvalue weighted by atomic mass is 9.98. The zero-order valence-corrected chi connectivity index (χ0v) is 16.5. The summed E-state index contributed by atoms with van der Waals surface area (Å²) in [6.07, 6.45) is 4.82. The number of carbonyl (C=O) groups is 1. The molecule has 2 fully saturated rings. The molecule has 1 aromatic rings. The van der Waals surface area contributed by atoms with Gasteiger partial charge in [0.2, 0.25) is 0 Å². The summed E-state index contributed by atoms with van der Waals surface area (Å²) in [5.41, 5.74) is 0.523. The first-order valence-electron chi connectivity index (χ1n) is 10.1. The number of piperidine rings is 1. The number of piperazine rings is 1. The van der Waals surface area contributed by atoms with E-state index in [0.717, 1.165) is 39.1 Å². The summed E-state index contributed by atoms with van der Waals surface area (Å²) in [6.45, 7) is 7.13. The van der Waals surface area contributed by atoms with Gasteiger partial charge < -0.3 is 19.6 Å². The van der Waals surface area contributed by atoms with Gasteiger partial charge in [-0.1, -0.05) is 0 Å². The first-order valence-corrected chi connectivity index (χ1v) is 10.1. The van der Waals surface area contributed by atoms with Crippen LogP contribution in [0.1, 0.15) is 36.5 Å². The number of hydrogen-bond acceptors (Lipinski definition) is 7. The van der Waals surface area contributed by atoms with Gasteiger partial charge in [-0.15, -0.1) is 0 Å². The van der Waals surface area contributed by atoms with Crippen LogP contribution in [0.25, 0.3) is 0 Å². The topological polar surface area (TPSA) is 69.1 Å². The smallest absolute Gasteiger partial charge is 0.341 e. The summed E-state index contributed by atoms with van der Waals surface area (Å²) in [6, 6.07) is 4.41. The molecule has 0 spiro atoms. The molecule has 2 aliphatic rings. The maximum absolute atomic E-state index is 12.3. The van der Waals surface area contributed by atoms with Crippen LogP contribution in [0.3, 0.4) is 0 Å². The van der Waals surface area contributed by atoms with Crippen LogP contribution in [0.5, 0.6) is 0 Å². The van der Waals surface area contributed by atoms with E-state index in [0.29, 0.717) is 24.0 Å². The third kappa shape index (κ3) is 4.78. The Hall–Kier alpha value is -1.70. The normalized spacial score (nSPS) is 22.8. The van der Waals surface area contributed by atoms with Crippen LogP contribution in [0.4, 0.5) is 5.82 Å². The zero-order valence-electron chi connectivity index (χ0n) is 16.5. The Morgan fingerprint density at radius 2 is 2.07 bits per heavy atom. The van der Waals surface area contributed by atoms with Crippen molar-refractivity contribution in [1.82, 2.24) is 14.8 Å². The number of anilines is 1. The Labute approximate surface area is 161 Å². The number of aliphatic hydroxyl groups excluding tert-OH is 1. The SMILES string of the molecule is CCOC(=O)c1cccnc1N1CCN(C2CCN(C)CC2)C(CCO)C1. The molecular weight excluding hydrogens is 344 g/mol. The van der Waals surface area contributed by atoms with Gasteiger partial charge in [0.1, 0.15) is 11.4 Å². The first kappa shape index (κ1) is 20.0. The second-order valence-electron chi connectivity index (χ2n) is 7.48. The number of aliphatic hydroxyl groups is 1. The molecule has 0 aliphatic carbocycles. The molecule has 0 bridgehead atoms. The number of likely N-dealkylation sites (tertiary alicyclic amines) is 1. The molecule has 150 valence electrons. The second-order valence-corrected chi connectivity index (χ2v) is 7.48. The van der Waals surface area contributed by atoms with Crippen molar-refractivity contribution in [2.24, 2.45) is 0 Å². The molecule has 3 heterocycles. The summed E-state index contributed by atoms with van der Waals surface area (Å²) in [5, 5.41) is 9.60. The molecule has 1 atom stereocenters. The molecule has 2 aliphatic heterocycles. The third-order valence-corrected chi connectivity index (χ3v) is 5.73. The van der Waals surface area contributed by atoms with Crippen molar-refractivity contribution in [1.29, 1.82) is 0 Å². The fourth-order valence-corrected chi connectivity index (χ4v) is 4.29. The van der Waals surface area contributed by atoms with E-state index < -0.39 is 0 Å². The molecule has 7 heteroatoms. The van der Waals surface area contributed by atoms with Gasteiger partial charge in [-0.05, 0) is 58.5 Å². The van der Waals surface area contributed by atoms with Crippen molar-refractivity contribution in [2.75, 3.05) is 57.9 Å². The van der Waals surface area contributed by atoms with Gasteiger partial charge >= 0.3 is 5.97 Å². The molecule has 0 amide bonds. The van der Waals surface area contributed by atoms with E-state index in [2.05, 4.69) is 26.7 Å². The average molecular weight is 377 g/mol. The largest absolute Gasteiger partial charge is 0.462 e. The number of rotatable bonds is 6. The van der Waals surface area contributed by atoms with Crippen LogP contribution in [0.15, 0.2) is 18.3 Å². The summed E-state index contributed by atoms with van der Waals surface area (Å²) < 4.78 is 5.20. The number of pyridine rings is 1. The minimum absolute atomic E-state index is 0.175. The van der Waals surface area contributed by atoms with Crippen molar-refractivity contribution in [2.45, 2.75) is 38.3 Å². The lowest BCUT2D eigenvalue weighted by Gasteiger charge is -2.47. The predicted molar refractivity (Wildman–Crippen MR) is 105 cm³/mol. The summed E-state index contributed by atoms with van der Waals surface area (Å²) in [7, 11) is 2.18. The quantitative estimate of drug-likeness (QED) is 0.749. The Bertz CT molecular complexity index is 619. The zero-order chi connectivity index (χ0) is 19.2. The van der Waals surface area contributed by atoms with Gasteiger partial charge in [0.15, 0.2) is 0 Å². The lowest BCUT2D eigenvalue weighted by molar-refractivity contribution is 0.0520. The molecule has 7 nitrogen and oxygen atoms in total. The molecule has 27 heavy (non-hydrogen) atoms. The minimum atomic E-state index is -0.322. The van der Waals surface area contributed by atoms with E-state index in [4.69, 9.17) is 4.74 Å². The van der Waals surface area contributed by atoms with Gasteiger partial charge in [0.25, 0.3) is 0 Å². The minimum Gasteiger partial charge on any atom is -0.462 e. The maximum atomic E-state index is 12.3. The van der Waals surface area contributed by atoms with Crippen LogP contribution in [0, 0.1) is 0 Å². The first-order chi connectivity index (χ1) is 13.1. The van der Waals surface area contributed by atoms with Gasteiger partial charge in [-0.25, -0.2) is 9.78 Å².